The van der Waals surface area contributed by atoms with Crippen LogP contribution in [-0.2, 0) is 0 Å². The second kappa shape index (κ2) is 5.74. The van der Waals surface area contributed by atoms with Gasteiger partial charge < -0.3 is 10.1 Å². The topological polar surface area (TPSA) is 24.5 Å². The van der Waals surface area contributed by atoms with Gasteiger partial charge in [0.15, 0.2) is 0 Å². The van der Waals surface area contributed by atoms with Gasteiger partial charge in [0.25, 0.3) is 0 Å². The van der Waals surface area contributed by atoms with Crippen LogP contribution in [0.15, 0.2) is 24.3 Å². The summed E-state index contributed by atoms with van der Waals surface area (Å²) in [5.41, 5.74) is 1.59. The molecule has 0 amide bonds. The number of rotatable bonds is 5. The van der Waals surface area contributed by atoms with Crippen molar-refractivity contribution in [1.29, 1.82) is 0 Å². The van der Waals surface area contributed by atoms with Gasteiger partial charge in [-0.15, -0.1) is 0 Å². The Hall–Kier alpha value is -1.06. The van der Waals surface area contributed by atoms with Gasteiger partial charge in [-0.1, -0.05) is 12.1 Å². The van der Waals surface area contributed by atoms with Crippen LogP contribution in [0, 0.1) is 12.8 Å². The average Bonchev–Trinajstić information content (AvgIpc) is 3.23. The van der Waals surface area contributed by atoms with Crippen molar-refractivity contribution in [3.63, 3.8) is 0 Å². The summed E-state index contributed by atoms with van der Waals surface area (Å²) in [5.74, 6) is 1.88. The molecule has 0 aromatic heterocycles. The lowest BCUT2D eigenvalue weighted by Gasteiger charge is -2.42. The molecule has 3 nitrogen and oxygen atoms in total. The molecule has 1 N–H and O–H groups in total. The van der Waals surface area contributed by atoms with Crippen LogP contribution in [0.25, 0.3) is 0 Å². The number of nitrogens with zero attached hydrogens (tertiary/aromatic N) is 1. The molecule has 0 radical (unpaired) electrons. The van der Waals surface area contributed by atoms with Crippen LogP contribution < -0.4 is 10.1 Å². The maximum atomic E-state index is 5.87. The van der Waals surface area contributed by atoms with Gasteiger partial charge in [0.2, 0.25) is 0 Å². The summed E-state index contributed by atoms with van der Waals surface area (Å²) in [6.45, 7) is 9.70. The van der Waals surface area contributed by atoms with E-state index in [9.17, 15) is 0 Å². The molecule has 3 heteroatoms. The molecule has 1 aliphatic carbocycles. The van der Waals surface area contributed by atoms with Gasteiger partial charge in [0, 0.05) is 31.7 Å². The minimum atomic E-state index is 0.335. The zero-order chi connectivity index (χ0) is 14.0. The van der Waals surface area contributed by atoms with Gasteiger partial charge in [-0.3, -0.25) is 4.90 Å². The smallest absolute Gasteiger partial charge is 0.119 e. The van der Waals surface area contributed by atoms with E-state index in [-0.39, 0.29) is 0 Å². The van der Waals surface area contributed by atoms with Crippen molar-refractivity contribution in [3.8, 4) is 5.75 Å². The molecule has 1 aromatic rings. The molecule has 1 aliphatic heterocycles. The van der Waals surface area contributed by atoms with Crippen molar-refractivity contribution < 1.29 is 4.74 Å². The van der Waals surface area contributed by atoms with E-state index in [0.29, 0.717) is 5.54 Å². The van der Waals surface area contributed by atoms with Crippen LogP contribution in [-0.4, -0.2) is 43.2 Å². The Kier molecular flexibility index (Phi) is 3.99. The predicted octanol–water partition coefficient (Wildman–Crippen LogP) is 2.45. The predicted molar refractivity (Wildman–Crippen MR) is 82.2 cm³/mol. The zero-order valence-electron chi connectivity index (χ0n) is 12.7. The first kappa shape index (κ1) is 13.9. The quantitative estimate of drug-likeness (QED) is 0.892. The Balaban J connectivity index is 1.46. The molecule has 2 fully saturated rings. The molecule has 2 aliphatic rings. The third kappa shape index (κ3) is 3.33. The summed E-state index contributed by atoms with van der Waals surface area (Å²) < 4.78 is 5.87. The van der Waals surface area contributed by atoms with Gasteiger partial charge in [0.1, 0.15) is 12.4 Å². The Labute approximate surface area is 122 Å². The summed E-state index contributed by atoms with van der Waals surface area (Å²) in [7, 11) is 0. The standard InChI is InChI=1S/C17H26N2O/c1-14-4-3-5-16(12-14)20-11-10-19-9-8-18-17(2,13-19)15-6-7-15/h3-5,12,15,18H,6-11,13H2,1-2H3. The highest BCUT2D eigenvalue weighted by molar-refractivity contribution is 5.27. The highest BCUT2D eigenvalue weighted by Crippen LogP contribution is 2.40. The van der Waals surface area contributed by atoms with E-state index in [4.69, 9.17) is 4.74 Å². The summed E-state index contributed by atoms with van der Waals surface area (Å²) in [5, 5.41) is 3.72. The largest absolute Gasteiger partial charge is 0.492 e. The first-order valence-corrected chi connectivity index (χ1v) is 7.83. The zero-order valence-corrected chi connectivity index (χ0v) is 12.7. The van der Waals surface area contributed by atoms with Crippen LogP contribution in [0.4, 0.5) is 0 Å². The van der Waals surface area contributed by atoms with E-state index < -0.39 is 0 Å². The van der Waals surface area contributed by atoms with Crippen molar-refractivity contribution in [1.82, 2.24) is 10.2 Å². The molecule has 0 bridgehead atoms. The van der Waals surface area contributed by atoms with Crippen molar-refractivity contribution in [2.45, 2.75) is 32.2 Å². The molecular formula is C17H26N2O. The Morgan fingerprint density at radius 1 is 1.40 bits per heavy atom. The van der Waals surface area contributed by atoms with Gasteiger partial charge in [-0.05, 0) is 50.3 Å². The molecule has 1 saturated heterocycles. The summed E-state index contributed by atoms with van der Waals surface area (Å²) in [6, 6.07) is 8.30. The lowest BCUT2D eigenvalue weighted by Crippen LogP contribution is -2.60. The Bertz CT molecular complexity index is 458. The normalized spacial score (nSPS) is 27.5. The van der Waals surface area contributed by atoms with E-state index >= 15 is 0 Å². The maximum absolute atomic E-state index is 5.87. The monoisotopic (exact) mass is 274 g/mol. The average molecular weight is 274 g/mol. The highest BCUT2D eigenvalue weighted by Gasteiger charge is 2.43. The van der Waals surface area contributed by atoms with Gasteiger partial charge in [-0.2, -0.15) is 0 Å². The number of aryl methyl sites for hydroxylation is 1. The lowest BCUT2D eigenvalue weighted by molar-refractivity contribution is 0.111. The molecule has 3 rings (SSSR count). The number of benzene rings is 1. The van der Waals surface area contributed by atoms with Crippen molar-refractivity contribution in [3.05, 3.63) is 29.8 Å². The van der Waals surface area contributed by atoms with Crippen LogP contribution >= 0.6 is 0 Å². The molecule has 110 valence electrons. The second-order valence-electron chi connectivity index (χ2n) is 6.56. The molecular weight excluding hydrogens is 248 g/mol. The minimum Gasteiger partial charge on any atom is -0.492 e. The molecule has 1 unspecified atom stereocenters. The van der Waals surface area contributed by atoms with Crippen LogP contribution in [0.5, 0.6) is 5.75 Å². The fraction of sp³-hybridized carbons (Fsp3) is 0.647. The van der Waals surface area contributed by atoms with Crippen molar-refractivity contribution >= 4 is 0 Å². The second-order valence-corrected chi connectivity index (χ2v) is 6.56. The van der Waals surface area contributed by atoms with Gasteiger partial charge in [-0.25, -0.2) is 0 Å². The molecule has 1 saturated carbocycles. The van der Waals surface area contributed by atoms with E-state index in [1.54, 1.807) is 0 Å². The number of ether oxygens (including phenoxy) is 1. The minimum absolute atomic E-state index is 0.335. The van der Waals surface area contributed by atoms with Crippen LogP contribution in [0.1, 0.15) is 25.3 Å². The van der Waals surface area contributed by atoms with Gasteiger partial charge in [0.05, 0.1) is 0 Å². The number of nitrogens with one attached hydrogen (secondary N) is 1. The first-order valence-electron chi connectivity index (χ1n) is 7.83. The van der Waals surface area contributed by atoms with E-state index in [1.807, 2.05) is 6.07 Å². The van der Waals surface area contributed by atoms with Crippen LogP contribution in [0.2, 0.25) is 0 Å². The fourth-order valence-corrected chi connectivity index (χ4v) is 3.28. The maximum Gasteiger partial charge on any atom is 0.119 e. The lowest BCUT2D eigenvalue weighted by atomic mass is 9.93. The third-order valence-electron chi connectivity index (χ3n) is 4.65. The molecule has 20 heavy (non-hydrogen) atoms. The third-order valence-corrected chi connectivity index (χ3v) is 4.65. The van der Waals surface area contributed by atoms with E-state index in [2.05, 4.69) is 42.3 Å². The summed E-state index contributed by atoms with van der Waals surface area (Å²) >= 11 is 0. The molecule has 0 spiro atoms. The Morgan fingerprint density at radius 2 is 2.25 bits per heavy atom. The SMILES string of the molecule is Cc1cccc(OCCN2CCNC(C)(C3CC3)C2)c1. The van der Waals surface area contributed by atoms with E-state index in [1.165, 1.54) is 18.4 Å². The summed E-state index contributed by atoms with van der Waals surface area (Å²) in [4.78, 5) is 2.55. The fourth-order valence-electron chi connectivity index (χ4n) is 3.28. The highest BCUT2D eigenvalue weighted by atomic mass is 16.5. The van der Waals surface area contributed by atoms with Crippen molar-refractivity contribution in [2.24, 2.45) is 5.92 Å². The molecule has 1 aromatic carbocycles. The van der Waals surface area contributed by atoms with Gasteiger partial charge >= 0.3 is 0 Å². The number of hydrogen-bond donors (Lipinski definition) is 1. The molecule has 1 heterocycles. The number of piperazine rings is 1. The molecule has 1 atom stereocenters. The van der Waals surface area contributed by atoms with Crippen molar-refractivity contribution in [2.75, 3.05) is 32.8 Å². The Morgan fingerprint density at radius 3 is 3.00 bits per heavy atom. The number of hydrogen-bond acceptors (Lipinski definition) is 3. The van der Waals surface area contributed by atoms with E-state index in [0.717, 1.165) is 44.5 Å². The first-order chi connectivity index (χ1) is 9.66. The summed E-state index contributed by atoms with van der Waals surface area (Å²) in [6.07, 6.45) is 2.80. The van der Waals surface area contributed by atoms with Crippen LogP contribution in [0.3, 0.4) is 0 Å².